The van der Waals surface area contributed by atoms with Crippen molar-refractivity contribution in [3.8, 4) is 0 Å². The maximum atomic E-state index is 13.8. The number of nitrogens with one attached hydrogen (secondary N) is 9. The lowest BCUT2D eigenvalue weighted by molar-refractivity contribution is -0.146. The maximum Gasteiger partial charge on any atom is 0.328 e. The number of carboxylic acid groups (broad SMARTS) is 1. The van der Waals surface area contributed by atoms with E-state index in [1.54, 1.807) is 13.1 Å². The summed E-state index contributed by atoms with van der Waals surface area (Å²) in [6.45, 7) is 5.39. The Morgan fingerprint density at radius 3 is 1.90 bits per heavy atom. The predicted octanol–water partition coefficient (Wildman–Crippen LogP) is -4.78. The van der Waals surface area contributed by atoms with Crippen LogP contribution in [0.25, 0.3) is 10.9 Å². The number of carboxylic acids is 1. The van der Waals surface area contributed by atoms with Crippen LogP contribution in [-0.2, 0) is 64.0 Å². The highest BCUT2D eigenvalue weighted by molar-refractivity contribution is 5.99. The zero-order chi connectivity index (χ0) is 58.0. The first-order valence-corrected chi connectivity index (χ1v) is 25.9. The molecule has 2 aliphatic rings. The van der Waals surface area contributed by atoms with Crippen molar-refractivity contribution < 1.29 is 72.9 Å². The van der Waals surface area contributed by atoms with Crippen LogP contribution in [0.15, 0.2) is 30.5 Å². The highest BCUT2D eigenvalue weighted by Gasteiger charge is 2.40. The average Bonchev–Trinajstić information content (AvgIpc) is 4.21. The standard InChI is InChI=1S/C50H75N13O15/c1-6-26(4)41(61-45(72)32(17-25(2)3)58-43(70)30(51)18-28-20-53-31-12-8-7-11-29(28)31)48(75)56-27(5)42(69)55-22-40(68)62-15-9-13-36(62)46(73)59-34(23-64)44(71)54-21-39(67)57-33(19-38(52)66)49(76)63-16-10-14-37(63)47(74)60-35(24-65)50(77)78/h7-8,11-12,20,25-27,30,32-37,41,53,64-65H,6,9-10,13-19,21-24,51H2,1-5H3,(H2,52,66)(H,54,71)(H,55,69)(H,56,75)(H,57,67)(H,58,70)(H,59,73)(H,60,74)(H,61,72)(H,77,78)/t26-,27-,30-,32-,33-,34-,35-,36-,37-,41-/m0/s1. The average molecular weight is 1100 g/mol. The second-order valence-corrected chi connectivity index (χ2v) is 19.9. The number of benzene rings is 1. The minimum Gasteiger partial charge on any atom is -0.480 e. The molecule has 0 unspecified atom stereocenters. The van der Waals surface area contributed by atoms with Gasteiger partial charge in [-0.1, -0.05) is 52.3 Å². The van der Waals surface area contributed by atoms with Crippen LogP contribution >= 0.6 is 0 Å². The van der Waals surface area contributed by atoms with Gasteiger partial charge in [0.05, 0.1) is 38.8 Å². The van der Waals surface area contributed by atoms with Gasteiger partial charge in [-0.25, -0.2) is 4.79 Å². The number of aliphatic hydroxyl groups is 2. The molecule has 0 radical (unpaired) electrons. The Morgan fingerprint density at radius 1 is 0.692 bits per heavy atom. The number of primary amides is 1. The predicted molar refractivity (Wildman–Crippen MR) is 277 cm³/mol. The number of likely N-dealkylation sites (tertiary alicyclic amines) is 2. The smallest absolute Gasteiger partial charge is 0.328 e. The van der Waals surface area contributed by atoms with Gasteiger partial charge in [0.15, 0.2) is 0 Å². The van der Waals surface area contributed by atoms with E-state index < -0.39 is 164 Å². The minimum atomic E-state index is -1.65. The second kappa shape index (κ2) is 29.7. The van der Waals surface area contributed by atoms with E-state index in [-0.39, 0.29) is 44.7 Å². The molecular weight excluding hydrogens is 1020 g/mol. The molecule has 78 heavy (non-hydrogen) atoms. The number of nitrogens with zero attached hydrogens (tertiary/aromatic N) is 2. The Hall–Kier alpha value is -7.72. The van der Waals surface area contributed by atoms with Gasteiger partial charge in [-0.2, -0.15) is 0 Å². The number of aromatic nitrogens is 1. The highest BCUT2D eigenvalue weighted by Crippen LogP contribution is 2.22. The fraction of sp³-hybridized carbons (Fsp3) is 0.600. The van der Waals surface area contributed by atoms with Crippen molar-refractivity contribution in [2.24, 2.45) is 23.3 Å². The van der Waals surface area contributed by atoms with Gasteiger partial charge in [0.25, 0.3) is 0 Å². The fourth-order valence-corrected chi connectivity index (χ4v) is 9.05. The summed E-state index contributed by atoms with van der Waals surface area (Å²) in [5.41, 5.74) is 13.3. The summed E-state index contributed by atoms with van der Waals surface area (Å²) in [5, 5.41) is 48.9. The molecule has 0 bridgehead atoms. The van der Waals surface area contributed by atoms with E-state index in [2.05, 4.69) is 47.5 Å². The van der Waals surface area contributed by atoms with Crippen LogP contribution in [0.4, 0.5) is 0 Å². The first-order chi connectivity index (χ1) is 36.9. The van der Waals surface area contributed by atoms with E-state index in [0.29, 0.717) is 19.3 Å². The summed E-state index contributed by atoms with van der Waals surface area (Å²) in [4.78, 5) is 162. The lowest BCUT2D eigenvalue weighted by Gasteiger charge is -2.29. The van der Waals surface area contributed by atoms with Crippen molar-refractivity contribution in [1.82, 2.24) is 57.3 Å². The lowest BCUT2D eigenvalue weighted by atomic mass is 9.96. The van der Waals surface area contributed by atoms with Gasteiger partial charge in [0.2, 0.25) is 65.0 Å². The van der Waals surface area contributed by atoms with E-state index >= 15 is 0 Å². The normalized spacial score (nSPS) is 18.2. The van der Waals surface area contributed by atoms with E-state index in [1.165, 1.54) is 6.92 Å². The monoisotopic (exact) mass is 1100 g/mol. The quantitative estimate of drug-likeness (QED) is 0.0364. The number of para-hydroxylation sites is 1. The summed E-state index contributed by atoms with van der Waals surface area (Å²) >= 11 is 0. The van der Waals surface area contributed by atoms with Crippen LogP contribution < -0.4 is 54.0 Å². The first kappa shape index (κ1) is 62.8. The molecule has 28 nitrogen and oxygen atoms in total. The molecule has 430 valence electrons. The zero-order valence-corrected chi connectivity index (χ0v) is 44.4. The Balaban J connectivity index is 1.28. The van der Waals surface area contributed by atoms with Gasteiger partial charge in [-0.15, -0.1) is 0 Å². The lowest BCUT2D eigenvalue weighted by Crippen LogP contribution is -2.59. The second-order valence-electron chi connectivity index (χ2n) is 19.9. The number of carbonyl (C=O) groups is 12. The number of hydrogen-bond donors (Lipinski definition) is 14. The number of aliphatic carboxylic acids is 1. The third-order valence-electron chi connectivity index (χ3n) is 13.5. The molecule has 0 saturated carbocycles. The number of H-pyrrole nitrogens is 1. The van der Waals surface area contributed by atoms with Crippen molar-refractivity contribution in [2.75, 3.05) is 39.4 Å². The van der Waals surface area contributed by atoms with Gasteiger partial charge in [-0.05, 0) is 68.9 Å². The Bertz CT molecular complexity index is 2520. The third kappa shape index (κ3) is 17.7. The van der Waals surface area contributed by atoms with Crippen molar-refractivity contribution in [3.05, 3.63) is 36.0 Å². The molecule has 10 atom stereocenters. The number of amides is 11. The number of fused-ring (bicyclic) bond motifs is 1. The molecule has 1 aromatic carbocycles. The molecule has 16 N–H and O–H groups in total. The topological polar surface area (TPSA) is 436 Å². The summed E-state index contributed by atoms with van der Waals surface area (Å²) in [6, 6.07) is -4.10. The number of nitrogens with two attached hydrogens (primary N) is 2. The summed E-state index contributed by atoms with van der Waals surface area (Å²) < 4.78 is 0. The van der Waals surface area contributed by atoms with Gasteiger partial charge < -0.3 is 84.1 Å². The first-order valence-electron chi connectivity index (χ1n) is 25.9. The zero-order valence-electron chi connectivity index (χ0n) is 44.4. The maximum absolute atomic E-state index is 13.8. The van der Waals surface area contributed by atoms with Gasteiger partial charge in [0, 0.05) is 30.2 Å². The number of rotatable bonds is 29. The van der Waals surface area contributed by atoms with Crippen molar-refractivity contribution in [1.29, 1.82) is 0 Å². The van der Waals surface area contributed by atoms with E-state index in [4.69, 9.17) is 11.5 Å². The fourth-order valence-electron chi connectivity index (χ4n) is 9.05. The molecular formula is C50H75N13O15. The molecule has 11 amide bonds. The molecule has 2 aromatic rings. The van der Waals surface area contributed by atoms with Gasteiger partial charge in [-0.3, -0.25) is 52.7 Å². The highest BCUT2D eigenvalue weighted by atomic mass is 16.4. The van der Waals surface area contributed by atoms with Crippen LogP contribution in [0.5, 0.6) is 0 Å². The SMILES string of the molecule is CC[C@H](C)[C@H](NC(=O)[C@H](CC(C)C)NC(=O)[C@@H](N)Cc1c[nH]c2ccccc12)C(=O)N[C@@H](C)C(=O)NCC(=O)N1CCC[C@H]1C(=O)N[C@@H](CO)C(=O)NCC(=O)N[C@@H](CC(N)=O)C(=O)N1CCC[C@H]1C(=O)N[C@@H](CO)C(=O)O. The van der Waals surface area contributed by atoms with Gasteiger partial charge >= 0.3 is 5.97 Å². The Kier molecular flexibility index (Phi) is 23.9. The molecule has 28 heteroatoms. The Labute approximate surface area is 450 Å². The van der Waals surface area contributed by atoms with Crippen LogP contribution in [-0.4, -0.2) is 195 Å². The summed E-state index contributed by atoms with van der Waals surface area (Å²) in [7, 11) is 0. The van der Waals surface area contributed by atoms with Crippen molar-refractivity contribution in [3.63, 3.8) is 0 Å². The number of aromatic amines is 1. The molecule has 0 aliphatic carbocycles. The molecule has 1 aromatic heterocycles. The molecule has 4 rings (SSSR count). The molecule has 2 fully saturated rings. The van der Waals surface area contributed by atoms with Crippen LogP contribution in [0, 0.1) is 11.8 Å². The third-order valence-corrected chi connectivity index (χ3v) is 13.5. The van der Waals surface area contributed by atoms with Crippen molar-refractivity contribution in [2.45, 2.75) is 140 Å². The van der Waals surface area contributed by atoms with E-state index in [9.17, 15) is 72.9 Å². The van der Waals surface area contributed by atoms with E-state index in [0.717, 1.165) is 26.3 Å². The van der Waals surface area contributed by atoms with Crippen LogP contribution in [0.2, 0.25) is 0 Å². The Morgan fingerprint density at radius 2 is 1.29 bits per heavy atom. The minimum absolute atomic E-state index is 0.00922. The molecule has 0 spiro atoms. The number of carbonyl (C=O) groups excluding carboxylic acids is 11. The largest absolute Gasteiger partial charge is 0.480 e. The van der Waals surface area contributed by atoms with Gasteiger partial charge in [0.1, 0.15) is 48.3 Å². The molecule has 3 heterocycles. The van der Waals surface area contributed by atoms with Crippen LogP contribution in [0.3, 0.4) is 0 Å². The van der Waals surface area contributed by atoms with E-state index in [1.807, 2.05) is 45.0 Å². The summed E-state index contributed by atoms with van der Waals surface area (Å²) in [6.07, 6.45) is 2.81. The van der Waals surface area contributed by atoms with Crippen LogP contribution in [0.1, 0.15) is 85.1 Å². The summed E-state index contributed by atoms with van der Waals surface area (Å²) in [5.74, 6) is -11.1. The van der Waals surface area contributed by atoms with Crippen molar-refractivity contribution >= 4 is 81.9 Å². The number of aliphatic hydroxyl groups excluding tert-OH is 2. The molecule has 2 aliphatic heterocycles. The molecule has 2 saturated heterocycles. The number of hydrogen-bond acceptors (Lipinski definition) is 15.